The summed E-state index contributed by atoms with van der Waals surface area (Å²) in [5, 5.41) is 0.650. The first-order chi connectivity index (χ1) is 15.0. The Kier molecular flexibility index (Phi) is 5.36. The van der Waals surface area contributed by atoms with Crippen molar-refractivity contribution < 1.29 is 27.2 Å². The Morgan fingerprint density at radius 3 is 2.38 bits per heavy atom. The Labute approximate surface area is 185 Å². The maximum atomic E-state index is 13.5. The van der Waals surface area contributed by atoms with Gasteiger partial charge in [-0.1, -0.05) is 0 Å². The monoisotopic (exact) mass is 463 g/mol. The number of thioether (sulfide) groups is 1. The van der Waals surface area contributed by atoms with Crippen LogP contribution in [0, 0.1) is 5.82 Å². The van der Waals surface area contributed by atoms with Gasteiger partial charge in [-0.2, -0.15) is 13.2 Å². The van der Waals surface area contributed by atoms with Crippen LogP contribution in [0.25, 0.3) is 10.9 Å². The molecule has 5 nitrogen and oxygen atoms in total. The number of benzene rings is 2. The summed E-state index contributed by atoms with van der Waals surface area (Å²) in [6.45, 7) is 3.27. The van der Waals surface area contributed by atoms with Gasteiger partial charge in [0.2, 0.25) is 0 Å². The van der Waals surface area contributed by atoms with E-state index in [1.807, 2.05) is 0 Å². The number of urea groups is 1. The van der Waals surface area contributed by atoms with Gasteiger partial charge < -0.3 is 4.90 Å². The number of imide groups is 1. The molecule has 3 aromatic rings. The quantitative estimate of drug-likeness (QED) is 0.282. The van der Waals surface area contributed by atoms with Crippen molar-refractivity contribution in [1.82, 2.24) is 9.88 Å². The van der Waals surface area contributed by atoms with E-state index >= 15 is 0 Å². The average Bonchev–Trinajstić information content (AvgIpc) is 2.87. The summed E-state index contributed by atoms with van der Waals surface area (Å²) in [6, 6.07) is 10.3. The third-order valence-electron chi connectivity index (χ3n) is 5.28. The summed E-state index contributed by atoms with van der Waals surface area (Å²) >= 11 is -0.274. The number of carbonyl (C=O) groups is 2. The lowest BCUT2D eigenvalue weighted by Gasteiger charge is -2.28. The Morgan fingerprint density at radius 2 is 1.72 bits per heavy atom. The zero-order valence-electron chi connectivity index (χ0n) is 17.0. The van der Waals surface area contributed by atoms with Crippen LogP contribution in [0.3, 0.4) is 0 Å². The highest BCUT2D eigenvalue weighted by Gasteiger charge is 2.51. The van der Waals surface area contributed by atoms with Crippen molar-refractivity contribution in [2.45, 2.75) is 36.3 Å². The number of halogens is 4. The van der Waals surface area contributed by atoms with Gasteiger partial charge in [-0.25, -0.2) is 14.1 Å². The minimum absolute atomic E-state index is 0.0491. The second kappa shape index (κ2) is 7.77. The Hall–Kier alpha value is -3.14. The van der Waals surface area contributed by atoms with Gasteiger partial charge in [-0.05, 0) is 73.6 Å². The highest BCUT2D eigenvalue weighted by molar-refractivity contribution is 8.00. The SMILES string of the molecule is CC1(C)C(=O)N(c2ccc(SC(F)(F)F)cc2)C(=O)N1Cc1ccnc2cc(F)ccc12. The molecule has 1 saturated heterocycles. The number of hydrogen-bond donors (Lipinski definition) is 0. The number of rotatable bonds is 4. The summed E-state index contributed by atoms with van der Waals surface area (Å²) < 4.78 is 51.3. The van der Waals surface area contributed by atoms with Crippen LogP contribution in [0.5, 0.6) is 0 Å². The van der Waals surface area contributed by atoms with Gasteiger partial charge in [0.25, 0.3) is 5.91 Å². The van der Waals surface area contributed by atoms with E-state index in [-0.39, 0.29) is 28.9 Å². The summed E-state index contributed by atoms with van der Waals surface area (Å²) in [6.07, 6.45) is 1.50. The first-order valence-electron chi connectivity index (χ1n) is 9.52. The Bertz CT molecular complexity index is 1210. The van der Waals surface area contributed by atoms with Crippen LogP contribution in [0.2, 0.25) is 0 Å². The summed E-state index contributed by atoms with van der Waals surface area (Å²) in [5.41, 5.74) is -4.35. The molecule has 1 fully saturated rings. The highest BCUT2D eigenvalue weighted by Crippen LogP contribution is 2.39. The molecular weight excluding hydrogens is 446 g/mol. The van der Waals surface area contributed by atoms with Gasteiger partial charge in [0.1, 0.15) is 11.4 Å². The van der Waals surface area contributed by atoms with E-state index in [4.69, 9.17) is 0 Å². The summed E-state index contributed by atoms with van der Waals surface area (Å²) in [7, 11) is 0. The lowest BCUT2D eigenvalue weighted by atomic mass is 10.0. The number of carbonyl (C=O) groups excluding carboxylic acids is 2. The van der Waals surface area contributed by atoms with Gasteiger partial charge in [0, 0.05) is 29.1 Å². The number of alkyl halides is 3. The van der Waals surface area contributed by atoms with Gasteiger partial charge in [-0.3, -0.25) is 9.78 Å². The molecule has 0 spiro atoms. The highest BCUT2D eigenvalue weighted by atomic mass is 32.2. The number of fused-ring (bicyclic) bond motifs is 1. The maximum absolute atomic E-state index is 13.5. The van der Waals surface area contributed by atoms with Crippen molar-refractivity contribution in [3.63, 3.8) is 0 Å². The molecule has 0 saturated carbocycles. The number of hydrogen-bond acceptors (Lipinski definition) is 4. The molecule has 0 radical (unpaired) electrons. The zero-order valence-corrected chi connectivity index (χ0v) is 17.8. The van der Waals surface area contributed by atoms with Gasteiger partial charge in [0.15, 0.2) is 0 Å². The van der Waals surface area contributed by atoms with E-state index in [1.165, 1.54) is 47.5 Å². The maximum Gasteiger partial charge on any atom is 0.446 e. The number of nitrogens with zero attached hydrogens (tertiary/aromatic N) is 3. The molecule has 0 aliphatic carbocycles. The summed E-state index contributed by atoms with van der Waals surface area (Å²) in [5.74, 6) is -0.934. The molecule has 0 bridgehead atoms. The standard InChI is InChI=1S/C22H17F4N3O2S/c1-21(2)19(30)29(15-4-6-16(7-5-15)32-22(24,25)26)20(31)28(21)12-13-9-10-27-18-11-14(23)3-8-17(13)18/h3-11H,12H2,1-2H3. The van der Waals surface area contributed by atoms with Crippen LogP contribution in [0.15, 0.2) is 59.6 Å². The largest absolute Gasteiger partial charge is 0.446 e. The van der Waals surface area contributed by atoms with E-state index < -0.39 is 28.8 Å². The molecule has 1 aromatic heterocycles. The van der Waals surface area contributed by atoms with Gasteiger partial charge >= 0.3 is 11.5 Å². The molecule has 4 rings (SSSR count). The second-order valence-corrected chi connectivity index (χ2v) is 8.88. The molecule has 0 atom stereocenters. The second-order valence-electron chi connectivity index (χ2n) is 7.74. The molecule has 2 heterocycles. The zero-order chi connectivity index (χ0) is 23.3. The van der Waals surface area contributed by atoms with Crippen molar-refractivity contribution in [3.05, 3.63) is 66.1 Å². The molecule has 0 N–H and O–H groups in total. The third-order valence-corrected chi connectivity index (χ3v) is 6.01. The van der Waals surface area contributed by atoms with Crippen LogP contribution in [-0.2, 0) is 11.3 Å². The molecule has 2 aromatic carbocycles. The first-order valence-corrected chi connectivity index (χ1v) is 10.3. The van der Waals surface area contributed by atoms with E-state index in [0.717, 1.165) is 4.90 Å². The van der Waals surface area contributed by atoms with E-state index in [9.17, 15) is 27.2 Å². The predicted octanol–water partition coefficient (Wildman–Crippen LogP) is 5.73. The normalized spacial score (nSPS) is 16.3. The number of pyridine rings is 1. The van der Waals surface area contributed by atoms with E-state index in [2.05, 4.69) is 4.98 Å². The van der Waals surface area contributed by atoms with Crippen LogP contribution in [0.1, 0.15) is 19.4 Å². The fourth-order valence-electron chi connectivity index (χ4n) is 3.61. The summed E-state index contributed by atoms with van der Waals surface area (Å²) in [4.78, 5) is 32.7. The van der Waals surface area contributed by atoms with Crippen molar-refractivity contribution in [3.8, 4) is 0 Å². The number of amides is 3. The predicted molar refractivity (Wildman–Crippen MR) is 113 cm³/mol. The van der Waals surface area contributed by atoms with Gasteiger partial charge in [-0.15, -0.1) is 0 Å². The smallest absolute Gasteiger partial charge is 0.305 e. The third kappa shape index (κ3) is 4.02. The number of aromatic nitrogens is 1. The van der Waals surface area contributed by atoms with E-state index in [1.54, 1.807) is 26.0 Å². The van der Waals surface area contributed by atoms with Crippen LogP contribution in [-0.4, -0.2) is 32.9 Å². The van der Waals surface area contributed by atoms with Crippen LogP contribution >= 0.6 is 11.8 Å². The molecule has 1 aliphatic rings. The van der Waals surface area contributed by atoms with Crippen molar-refractivity contribution in [2.24, 2.45) is 0 Å². The molecular formula is C22H17F4N3O2S. The molecule has 10 heteroatoms. The van der Waals surface area contributed by atoms with Crippen LogP contribution < -0.4 is 4.90 Å². The molecule has 0 unspecified atom stereocenters. The Balaban J connectivity index is 1.65. The van der Waals surface area contributed by atoms with Gasteiger partial charge in [0.05, 0.1) is 11.2 Å². The lowest BCUT2D eigenvalue weighted by Crippen LogP contribution is -2.43. The fraction of sp³-hybridized carbons (Fsp3) is 0.227. The minimum atomic E-state index is -4.43. The lowest BCUT2D eigenvalue weighted by molar-refractivity contribution is -0.123. The molecule has 32 heavy (non-hydrogen) atoms. The Morgan fingerprint density at radius 1 is 1.03 bits per heavy atom. The van der Waals surface area contributed by atoms with E-state index in [0.29, 0.717) is 16.5 Å². The van der Waals surface area contributed by atoms with Crippen LogP contribution in [0.4, 0.5) is 28.0 Å². The number of anilines is 1. The molecule has 1 aliphatic heterocycles. The fourth-order valence-corrected chi connectivity index (χ4v) is 4.15. The topological polar surface area (TPSA) is 53.5 Å². The molecule has 166 valence electrons. The van der Waals surface area contributed by atoms with Crippen molar-refractivity contribution >= 4 is 40.3 Å². The first kappa shape index (κ1) is 22.1. The molecule has 3 amide bonds. The van der Waals surface area contributed by atoms with Crippen molar-refractivity contribution in [1.29, 1.82) is 0 Å². The van der Waals surface area contributed by atoms with Crippen molar-refractivity contribution in [2.75, 3.05) is 4.90 Å². The minimum Gasteiger partial charge on any atom is -0.305 e. The average molecular weight is 463 g/mol.